The van der Waals surface area contributed by atoms with Crippen molar-refractivity contribution in [3.05, 3.63) is 58.6 Å². The highest BCUT2D eigenvalue weighted by molar-refractivity contribution is 5.79. The SMILES string of the molecule is Cc1ncnc2[nH]c(-c3ccccc3)cc(=O)c12. The number of nitrogens with zero attached hydrogens (tertiary/aromatic N) is 2. The maximum atomic E-state index is 12.1. The van der Waals surface area contributed by atoms with E-state index in [1.807, 2.05) is 30.3 Å². The Kier molecular flexibility index (Phi) is 2.41. The number of aryl methyl sites for hydroxylation is 1. The predicted molar refractivity (Wildman–Crippen MR) is 70.3 cm³/mol. The zero-order valence-electron chi connectivity index (χ0n) is 9.84. The molecule has 1 N–H and O–H groups in total. The van der Waals surface area contributed by atoms with Gasteiger partial charge < -0.3 is 4.98 Å². The average Bonchev–Trinajstić information content (AvgIpc) is 2.39. The maximum Gasteiger partial charge on any atom is 0.193 e. The molecule has 0 saturated carbocycles. The number of pyridine rings is 1. The fraction of sp³-hybridized carbons (Fsp3) is 0.0714. The topological polar surface area (TPSA) is 58.6 Å². The number of fused-ring (bicyclic) bond motifs is 1. The van der Waals surface area contributed by atoms with Gasteiger partial charge in [-0.1, -0.05) is 30.3 Å². The van der Waals surface area contributed by atoms with Gasteiger partial charge in [0.25, 0.3) is 0 Å². The van der Waals surface area contributed by atoms with E-state index in [0.717, 1.165) is 11.3 Å². The summed E-state index contributed by atoms with van der Waals surface area (Å²) in [6.45, 7) is 1.81. The lowest BCUT2D eigenvalue weighted by Gasteiger charge is -2.04. The Hall–Kier alpha value is -2.49. The Labute approximate surface area is 103 Å². The summed E-state index contributed by atoms with van der Waals surface area (Å²) >= 11 is 0. The Morgan fingerprint density at radius 1 is 1.11 bits per heavy atom. The van der Waals surface area contributed by atoms with E-state index in [-0.39, 0.29) is 5.43 Å². The fourth-order valence-corrected chi connectivity index (χ4v) is 2.00. The molecule has 0 fully saturated rings. The van der Waals surface area contributed by atoms with E-state index in [2.05, 4.69) is 15.0 Å². The lowest BCUT2D eigenvalue weighted by molar-refractivity contribution is 1.12. The summed E-state index contributed by atoms with van der Waals surface area (Å²) in [7, 11) is 0. The molecule has 0 unspecified atom stereocenters. The zero-order chi connectivity index (χ0) is 12.5. The molecule has 18 heavy (non-hydrogen) atoms. The fourth-order valence-electron chi connectivity index (χ4n) is 2.00. The van der Waals surface area contributed by atoms with Gasteiger partial charge in [-0.25, -0.2) is 9.97 Å². The van der Waals surface area contributed by atoms with Gasteiger partial charge in [0.15, 0.2) is 5.43 Å². The highest BCUT2D eigenvalue weighted by atomic mass is 16.1. The summed E-state index contributed by atoms with van der Waals surface area (Å²) in [5.41, 5.74) is 2.95. The van der Waals surface area contributed by atoms with E-state index in [4.69, 9.17) is 0 Å². The second-order valence-corrected chi connectivity index (χ2v) is 4.10. The van der Waals surface area contributed by atoms with Crippen LogP contribution >= 0.6 is 0 Å². The van der Waals surface area contributed by atoms with E-state index in [0.29, 0.717) is 16.7 Å². The van der Waals surface area contributed by atoms with Crippen LogP contribution < -0.4 is 5.43 Å². The number of hydrogen-bond acceptors (Lipinski definition) is 3. The van der Waals surface area contributed by atoms with Crippen molar-refractivity contribution in [3.8, 4) is 11.3 Å². The van der Waals surface area contributed by atoms with Gasteiger partial charge in [-0.15, -0.1) is 0 Å². The Balaban J connectivity index is 2.33. The van der Waals surface area contributed by atoms with Crippen molar-refractivity contribution in [2.45, 2.75) is 6.92 Å². The normalized spacial score (nSPS) is 10.7. The van der Waals surface area contributed by atoms with Gasteiger partial charge in [-0.3, -0.25) is 4.79 Å². The second-order valence-electron chi connectivity index (χ2n) is 4.10. The highest BCUT2D eigenvalue weighted by Gasteiger charge is 2.07. The molecule has 0 spiro atoms. The highest BCUT2D eigenvalue weighted by Crippen LogP contribution is 2.17. The molecule has 0 radical (unpaired) electrons. The van der Waals surface area contributed by atoms with Crippen LogP contribution in [-0.2, 0) is 0 Å². The molecule has 3 rings (SSSR count). The minimum atomic E-state index is -0.0549. The number of aromatic nitrogens is 3. The van der Waals surface area contributed by atoms with E-state index in [1.165, 1.54) is 6.33 Å². The minimum absolute atomic E-state index is 0.0549. The van der Waals surface area contributed by atoms with Crippen LogP contribution in [-0.4, -0.2) is 15.0 Å². The lowest BCUT2D eigenvalue weighted by Crippen LogP contribution is -2.07. The van der Waals surface area contributed by atoms with E-state index in [1.54, 1.807) is 13.0 Å². The third-order valence-corrected chi connectivity index (χ3v) is 2.90. The number of hydrogen-bond donors (Lipinski definition) is 1. The molecule has 0 atom stereocenters. The van der Waals surface area contributed by atoms with Gasteiger partial charge in [0, 0.05) is 6.07 Å². The summed E-state index contributed by atoms with van der Waals surface area (Å²) in [6.07, 6.45) is 1.46. The third kappa shape index (κ3) is 1.68. The van der Waals surface area contributed by atoms with Crippen LogP contribution in [0.4, 0.5) is 0 Å². The Morgan fingerprint density at radius 2 is 1.89 bits per heavy atom. The van der Waals surface area contributed by atoms with Crippen molar-refractivity contribution in [3.63, 3.8) is 0 Å². The molecule has 4 heteroatoms. The van der Waals surface area contributed by atoms with E-state index in [9.17, 15) is 4.79 Å². The van der Waals surface area contributed by atoms with Crippen molar-refractivity contribution in [1.82, 2.24) is 15.0 Å². The van der Waals surface area contributed by atoms with Crippen molar-refractivity contribution in [1.29, 1.82) is 0 Å². The predicted octanol–water partition coefficient (Wildman–Crippen LogP) is 2.29. The molecule has 2 heterocycles. The van der Waals surface area contributed by atoms with Crippen LogP contribution in [0.15, 0.2) is 47.5 Å². The average molecular weight is 237 g/mol. The van der Waals surface area contributed by atoms with Crippen molar-refractivity contribution < 1.29 is 0 Å². The first kappa shape index (κ1) is 10.7. The Bertz CT molecular complexity index is 763. The molecule has 0 aliphatic rings. The number of rotatable bonds is 1. The maximum absolute atomic E-state index is 12.1. The first-order valence-corrected chi connectivity index (χ1v) is 5.66. The summed E-state index contributed by atoms with van der Waals surface area (Å²) < 4.78 is 0. The van der Waals surface area contributed by atoms with Gasteiger partial charge >= 0.3 is 0 Å². The van der Waals surface area contributed by atoms with Gasteiger partial charge in [0.1, 0.15) is 12.0 Å². The monoisotopic (exact) mass is 237 g/mol. The molecule has 3 aromatic rings. The molecule has 4 nitrogen and oxygen atoms in total. The molecule has 0 aliphatic carbocycles. The summed E-state index contributed by atoms with van der Waals surface area (Å²) in [5.74, 6) is 0. The molecule has 0 bridgehead atoms. The second kappa shape index (κ2) is 4.07. The Morgan fingerprint density at radius 3 is 2.67 bits per heavy atom. The van der Waals surface area contributed by atoms with Crippen LogP contribution in [0.5, 0.6) is 0 Å². The number of benzene rings is 1. The molecule has 0 saturated heterocycles. The van der Waals surface area contributed by atoms with Crippen LogP contribution in [0.2, 0.25) is 0 Å². The number of nitrogens with one attached hydrogen (secondary N) is 1. The van der Waals surface area contributed by atoms with Crippen molar-refractivity contribution in [2.24, 2.45) is 0 Å². The van der Waals surface area contributed by atoms with Crippen LogP contribution in [0.25, 0.3) is 22.3 Å². The molecule has 0 aliphatic heterocycles. The smallest absolute Gasteiger partial charge is 0.193 e. The zero-order valence-corrected chi connectivity index (χ0v) is 9.84. The first-order valence-electron chi connectivity index (χ1n) is 5.66. The quantitative estimate of drug-likeness (QED) is 0.706. The lowest BCUT2D eigenvalue weighted by atomic mass is 10.1. The van der Waals surface area contributed by atoms with E-state index >= 15 is 0 Å². The molecular formula is C14H11N3O. The molecule has 1 aromatic carbocycles. The molecule has 88 valence electrons. The molecular weight excluding hydrogens is 226 g/mol. The first-order chi connectivity index (χ1) is 8.75. The number of H-pyrrole nitrogens is 1. The van der Waals surface area contributed by atoms with E-state index < -0.39 is 0 Å². The van der Waals surface area contributed by atoms with Gasteiger partial charge in [-0.2, -0.15) is 0 Å². The van der Waals surface area contributed by atoms with Gasteiger partial charge in [0.05, 0.1) is 16.8 Å². The van der Waals surface area contributed by atoms with Crippen LogP contribution in [0.3, 0.4) is 0 Å². The minimum Gasteiger partial charge on any atom is -0.339 e. The largest absolute Gasteiger partial charge is 0.339 e. The standard InChI is InChI=1S/C14H11N3O/c1-9-13-12(18)7-11(10-5-3-2-4-6-10)17-14(13)16-8-15-9/h2-8H,1H3,(H,15,16,17,18). The van der Waals surface area contributed by atoms with Crippen molar-refractivity contribution >= 4 is 11.0 Å². The summed E-state index contributed by atoms with van der Waals surface area (Å²) in [5, 5.41) is 0.553. The van der Waals surface area contributed by atoms with Crippen LogP contribution in [0, 0.1) is 6.92 Å². The number of aromatic amines is 1. The van der Waals surface area contributed by atoms with Gasteiger partial charge in [-0.05, 0) is 12.5 Å². The van der Waals surface area contributed by atoms with Crippen molar-refractivity contribution in [2.75, 3.05) is 0 Å². The summed E-state index contributed by atoms with van der Waals surface area (Å²) in [4.78, 5) is 23.4. The third-order valence-electron chi connectivity index (χ3n) is 2.90. The van der Waals surface area contributed by atoms with Crippen LogP contribution in [0.1, 0.15) is 5.69 Å². The van der Waals surface area contributed by atoms with Gasteiger partial charge in [0.2, 0.25) is 0 Å². The summed E-state index contributed by atoms with van der Waals surface area (Å²) in [6, 6.07) is 11.3. The molecule has 0 amide bonds. The molecule has 2 aromatic heterocycles.